The zero-order valence-electron chi connectivity index (χ0n) is 9.27. The molecule has 0 fully saturated rings. The molecule has 1 N–H and O–H groups in total. The van der Waals surface area contributed by atoms with Gasteiger partial charge in [-0.15, -0.1) is 0 Å². The van der Waals surface area contributed by atoms with E-state index >= 15 is 0 Å². The Hall–Kier alpha value is -0.550. The summed E-state index contributed by atoms with van der Waals surface area (Å²) in [7, 11) is 0. The maximum absolute atomic E-state index is 12.7. The van der Waals surface area contributed by atoms with Gasteiger partial charge in [0.1, 0.15) is 0 Å². The summed E-state index contributed by atoms with van der Waals surface area (Å²) in [4.78, 5) is 0. The lowest BCUT2D eigenvalue weighted by Gasteiger charge is -2.14. The van der Waals surface area contributed by atoms with E-state index in [1.165, 1.54) is 12.1 Å². The number of halogens is 4. The first-order valence-corrected chi connectivity index (χ1v) is 6.82. The molecule has 96 valence electrons. The normalized spacial score (nSPS) is 11.6. The minimum Gasteiger partial charge on any atom is -0.385 e. The van der Waals surface area contributed by atoms with E-state index in [0.717, 1.165) is 18.2 Å². The Kier molecular flexibility index (Phi) is 5.46. The lowest BCUT2D eigenvalue weighted by atomic mass is 10.1. The molecule has 0 amide bonds. The number of benzene rings is 1. The molecule has 0 saturated carbocycles. The molecule has 0 unspecified atom stereocenters. The van der Waals surface area contributed by atoms with Crippen molar-refractivity contribution in [3.8, 4) is 0 Å². The van der Waals surface area contributed by atoms with Crippen molar-refractivity contribution in [2.45, 2.75) is 12.6 Å². The predicted octanol–water partition coefficient (Wildman–Crippen LogP) is 4.52. The van der Waals surface area contributed by atoms with E-state index in [1.807, 2.05) is 6.26 Å². The Bertz CT molecular complexity index is 368. The van der Waals surface area contributed by atoms with E-state index in [-0.39, 0.29) is 10.7 Å². The predicted molar refractivity (Wildman–Crippen MR) is 67.9 cm³/mol. The molecule has 1 aromatic rings. The highest BCUT2D eigenvalue weighted by Gasteiger charge is 2.33. The topological polar surface area (TPSA) is 12.0 Å². The number of hydrogen-bond donors (Lipinski definition) is 1. The van der Waals surface area contributed by atoms with E-state index in [4.69, 9.17) is 11.6 Å². The number of hydrogen-bond acceptors (Lipinski definition) is 2. The van der Waals surface area contributed by atoms with Crippen LogP contribution in [0.3, 0.4) is 0 Å². The van der Waals surface area contributed by atoms with Crippen LogP contribution < -0.4 is 5.32 Å². The second kappa shape index (κ2) is 6.40. The molecule has 0 heterocycles. The molecule has 1 nitrogen and oxygen atoms in total. The maximum atomic E-state index is 12.7. The van der Waals surface area contributed by atoms with Crippen molar-refractivity contribution in [1.29, 1.82) is 0 Å². The highest BCUT2D eigenvalue weighted by Crippen LogP contribution is 2.36. The molecule has 17 heavy (non-hydrogen) atoms. The molecular weight excluding hydrogens is 271 g/mol. The number of rotatable bonds is 5. The van der Waals surface area contributed by atoms with Gasteiger partial charge in [0.25, 0.3) is 0 Å². The van der Waals surface area contributed by atoms with Gasteiger partial charge in [-0.1, -0.05) is 11.6 Å². The first-order valence-electron chi connectivity index (χ1n) is 5.04. The molecular formula is C11H13ClF3NS. The van der Waals surface area contributed by atoms with Crippen molar-refractivity contribution >= 4 is 29.1 Å². The van der Waals surface area contributed by atoms with Crippen LogP contribution in [0.15, 0.2) is 18.2 Å². The van der Waals surface area contributed by atoms with E-state index in [1.54, 1.807) is 11.8 Å². The average molecular weight is 284 g/mol. The molecule has 0 spiro atoms. The van der Waals surface area contributed by atoms with E-state index in [0.29, 0.717) is 6.54 Å². The summed E-state index contributed by atoms with van der Waals surface area (Å²) >= 11 is 7.24. The molecule has 6 heteroatoms. The summed E-state index contributed by atoms with van der Waals surface area (Å²) in [5.74, 6) is 0.919. The van der Waals surface area contributed by atoms with Crippen LogP contribution in [0, 0.1) is 0 Å². The lowest BCUT2D eigenvalue weighted by molar-refractivity contribution is -0.136. The molecule has 0 bridgehead atoms. The minimum absolute atomic E-state index is 0.0861. The lowest BCUT2D eigenvalue weighted by Crippen LogP contribution is -2.12. The Morgan fingerprint density at radius 1 is 1.35 bits per heavy atom. The number of alkyl halides is 3. The molecule has 0 aliphatic heterocycles. The molecule has 0 radical (unpaired) electrons. The van der Waals surface area contributed by atoms with Gasteiger partial charge in [0.15, 0.2) is 0 Å². The highest BCUT2D eigenvalue weighted by atomic mass is 35.5. The van der Waals surface area contributed by atoms with Gasteiger partial charge in [-0.2, -0.15) is 24.9 Å². The Labute approximate surface area is 108 Å². The maximum Gasteiger partial charge on any atom is 0.418 e. The fraction of sp³-hybridized carbons (Fsp3) is 0.455. The SMILES string of the molecule is CSCCCNc1ccc(Cl)cc1C(F)(F)F. The highest BCUT2D eigenvalue weighted by molar-refractivity contribution is 7.98. The van der Waals surface area contributed by atoms with Crippen LogP contribution in [0.5, 0.6) is 0 Å². The van der Waals surface area contributed by atoms with Crippen LogP contribution in [0.4, 0.5) is 18.9 Å². The average Bonchev–Trinajstić information content (AvgIpc) is 2.25. The van der Waals surface area contributed by atoms with Gasteiger partial charge in [0, 0.05) is 17.3 Å². The van der Waals surface area contributed by atoms with Crippen molar-refractivity contribution in [2.24, 2.45) is 0 Å². The van der Waals surface area contributed by atoms with Crippen LogP contribution in [0.1, 0.15) is 12.0 Å². The van der Waals surface area contributed by atoms with Crippen LogP contribution in [-0.4, -0.2) is 18.6 Å². The standard InChI is InChI=1S/C11H13ClF3NS/c1-17-6-2-5-16-10-4-3-8(12)7-9(10)11(13,14)15/h3-4,7,16H,2,5-6H2,1H3. The van der Waals surface area contributed by atoms with E-state index in [2.05, 4.69) is 5.32 Å². The first kappa shape index (κ1) is 14.5. The van der Waals surface area contributed by atoms with Crippen molar-refractivity contribution in [1.82, 2.24) is 0 Å². The zero-order chi connectivity index (χ0) is 12.9. The van der Waals surface area contributed by atoms with Crippen LogP contribution in [0.2, 0.25) is 5.02 Å². The van der Waals surface area contributed by atoms with Gasteiger partial charge in [0.2, 0.25) is 0 Å². The Morgan fingerprint density at radius 3 is 2.65 bits per heavy atom. The van der Waals surface area contributed by atoms with Gasteiger partial charge >= 0.3 is 6.18 Å². The Morgan fingerprint density at radius 2 is 2.06 bits per heavy atom. The van der Waals surface area contributed by atoms with Gasteiger partial charge in [-0.25, -0.2) is 0 Å². The third-order valence-electron chi connectivity index (χ3n) is 2.13. The van der Waals surface area contributed by atoms with Gasteiger partial charge in [0.05, 0.1) is 5.56 Å². The summed E-state index contributed by atoms with van der Waals surface area (Å²) in [6, 6.07) is 3.76. The van der Waals surface area contributed by atoms with E-state index < -0.39 is 11.7 Å². The molecule has 0 aromatic heterocycles. The third-order valence-corrected chi connectivity index (χ3v) is 3.06. The fourth-order valence-corrected chi connectivity index (χ4v) is 1.95. The van der Waals surface area contributed by atoms with Gasteiger partial charge < -0.3 is 5.32 Å². The van der Waals surface area contributed by atoms with Crippen LogP contribution in [0.25, 0.3) is 0 Å². The summed E-state index contributed by atoms with van der Waals surface area (Å²) in [5, 5.41) is 2.88. The smallest absolute Gasteiger partial charge is 0.385 e. The molecule has 0 aliphatic carbocycles. The van der Waals surface area contributed by atoms with Crippen LogP contribution >= 0.6 is 23.4 Å². The third kappa shape index (κ3) is 4.68. The van der Waals surface area contributed by atoms with Crippen LogP contribution in [-0.2, 0) is 6.18 Å². The molecule has 0 saturated heterocycles. The molecule has 0 aliphatic rings. The van der Waals surface area contributed by atoms with E-state index in [9.17, 15) is 13.2 Å². The second-order valence-corrected chi connectivity index (χ2v) is 4.88. The van der Waals surface area contributed by atoms with Crippen molar-refractivity contribution in [2.75, 3.05) is 23.9 Å². The first-order chi connectivity index (χ1) is 7.95. The number of thioether (sulfide) groups is 1. The number of anilines is 1. The molecule has 1 rings (SSSR count). The monoisotopic (exact) mass is 283 g/mol. The van der Waals surface area contributed by atoms with Crippen molar-refractivity contribution < 1.29 is 13.2 Å². The van der Waals surface area contributed by atoms with Crippen molar-refractivity contribution in [3.63, 3.8) is 0 Å². The summed E-state index contributed by atoms with van der Waals surface area (Å²) in [6.45, 7) is 0.519. The largest absolute Gasteiger partial charge is 0.418 e. The molecule has 1 aromatic carbocycles. The minimum atomic E-state index is -4.38. The Balaban J connectivity index is 2.77. The second-order valence-electron chi connectivity index (χ2n) is 3.46. The van der Waals surface area contributed by atoms with Crippen molar-refractivity contribution in [3.05, 3.63) is 28.8 Å². The fourth-order valence-electron chi connectivity index (χ4n) is 1.34. The summed E-state index contributed by atoms with van der Waals surface area (Å²) in [5.41, 5.74) is -0.628. The summed E-state index contributed by atoms with van der Waals surface area (Å²) in [6.07, 6.45) is -1.60. The quantitative estimate of drug-likeness (QED) is 0.797. The zero-order valence-corrected chi connectivity index (χ0v) is 10.8. The summed E-state index contributed by atoms with van der Waals surface area (Å²) < 4.78 is 38.1. The number of nitrogens with one attached hydrogen (secondary N) is 1. The van der Waals surface area contributed by atoms with Gasteiger partial charge in [-0.05, 0) is 36.6 Å². The van der Waals surface area contributed by atoms with Gasteiger partial charge in [-0.3, -0.25) is 0 Å². The molecule has 0 atom stereocenters.